The maximum absolute atomic E-state index is 13.2. The number of nitrogens with one attached hydrogen (secondary N) is 1. The molecule has 0 aromatic heterocycles. The molecule has 8 heteroatoms. The SMILES string of the molecule is CC(C)C[C@H]1CN(CCCC[C@@H]2CNC(=O)C(=O)N2CC2CCCCC2)C(=O)C(=O)N1Cc1ccccc1. The molecule has 1 saturated carbocycles. The zero-order valence-electron chi connectivity index (χ0n) is 23.1. The molecule has 4 amide bonds. The van der Waals surface area contributed by atoms with E-state index in [9.17, 15) is 19.2 Å². The number of nitrogens with zero attached hydrogens (tertiary/aromatic N) is 3. The molecule has 2 aliphatic heterocycles. The van der Waals surface area contributed by atoms with Crippen LogP contribution in [0.1, 0.15) is 77.2 Å². The molecule has 0 radical (unpaired) electrons. The molecule has 2 heterocycles. The lowest BCUT2D eigenvalue weighted by Gasteiger charge is -2.41. The van der Waals surface area contributed by atoms with Crippen molar-refractivity contribution in [3.8, 4) is 0 Å². The lowest BCUT2D eigenvalue weighted by molar-refractivity contribution is -0.160. The highest BCUT2D eigenvalue weighted by molar-refractivity contribution is 6.36. The van der Waals surface area contributed by atoms with Crippen LogP contribution in [-0.2, 0) is 25.7 Å². The van der Waals surface area contributed by atoms with Gasteiger partial charge in [-0.1, -0.05) is 63.4 Å². The molecule has 8 nitrogen and oxygen atoms in total. The normalized spacial score (nSPS) is 23.4. The summed E-state index contributed by atoms with van der Waals surface area (Å²) in [5.41, 5.74) is 1.03. The van der Waals surface area contributed by atoms with Crippen LogP contribution in [0.4, 0.5) is 0 Å². The van der Waals surface area contributed by atoms with E-state index < -0.39 is 23.6 Å². The summed E-state index contributed by atoms with van der Waals surface area (Å²) in [7, 11) is 0. The first-order chi connectivity index (χ1) is 18.3. The first-order valence-corrected chi connectivity index (χ1v) is 14.6. The third-order valence-corrected chi connectivity index (χ3v) is 8.33. The Labute approximate surface area is 227 Å². The Hall–Kier alpha value is -2.90. The first-order valence-electron chi connectivity index (χ1n) is 14.6. The number of rotatable bonds is 11. The second-order valence-corrected chi connectivity index (χ2v) is 11.8. The highest BCUT2D eigenvalue weighted by atomic mass is 16.2. The zero-order chi connectivity index (χ0) is 27.1. The van der Waals surface area contributed by atoms with Gasteiger partial charge in [0.05, 0.1) is 6.04 Å². The summed E-state index contributed by atoms with van der Waals surface area (Å²) < 4.78 is 0. The van der Waals surface area contributed by atoms with E-state index in [0.29, 0.717) is 44.6 Å². The van der Waals surface area contributed by atoms with E-state index >= 15 is 0 Å². The van der Waals surface area contributed by atoms with Gasteiger partial charge in [-0.15, -0.1) is 0 Å². The molecule has 208 valence electrons. The van der Waals surface area contributed by atoms with Crippen LogP contribution in [0.3, 0.4) is 0 Å². The fourth-order valence-electron chi connectivity index (χ4n) is 6.29. The summed E-state index contributed by atoms with van der Waals surface area (Å²) in [6.45, 7) is 7.00. The smallest absolute Gasteiger partial charge is 0.312 e. The highest BCUT2D eigenvalue weighted by Gasteiger charge is 2.39. The van der Waals surface area contributed by atoms with Crippen LogP contribution in [0.25, 0.3) is 0 Å². The molecule has 3 aliphatic rings. The molecule has 1 aromatic carbocycles. The molecule has 1 aliphatic carbocycles. The minimum absolute atomic E-state index is 0.00225. The van der Waals surface area contributed by atoms with Gasteiger partial charge >= 0.3 is 23.6 Å². The Morgan fingerprint density at radius 1 is 0.868 bits per heavy atom. The number of amides is 4. The Bertz CT molecular complexity index is 976. The molecule has 0 bridgehead atoms. The van der Waals surface area contributed by atoms with E-state index in [1.54, 1.807) is 9.80 Å². The van der Waals surface area contributed by atoms with Gasteiger partial charge in [-0.05, 0) is 55.9 Å². The maximum atomic E-state index is 13.2. The molecular weight excluding hydrogens is 480 g/mol. The monoisotopic (exact) mass is 524 g/mol. The minimum atomic E-state index is -0.495. The number of benzene rings is 1. The summed E-state index contributed by atoms with van der Waals surface area (Å²) in [4.78, 5) is 56.2. The van der Waals surface area contributed by atoms with Gasteiger partial charge in [0.25, 0.3) is 0 Å². The Morgan fingerprint density at radius 2 is 1.61 bits per heavy atom. The van der Waals surface area contributed by atoms with Crippen molar-refractivity contribution in [1.82, 2.24) is 20.0 Å². The van der Waals surface area contributed by atoms with Crippen LogP contribution in [0.2, 0.25) is 0 Å². The fourth-order valence-corrected chi connectivity index (χ4v) is 6.29. The van der Waals surface area contributed by atoms with Crippen LogP contribution in [0, 0.1) is 11.8 Å². The van der Waals surface area contributed by atoms with E-state index in [1.807, 2.05) is 35.2 Å². The maximum Gasteiger partial charge on any atom is 0.312 e. The summed E-state index contributed by atoms with van der Waals surface area (Å²) in [5, 5.41) is 2.76. The van der Waals surface area contributed by atoms with E-state index in [-0.39, 0.29) is 12.1 Å². The average molecular weight is 525 g/mol. The van der Waals surface area contributed by atoms with Crippen molar-refractivity contribution in [2.24, 2.45) is 11.8 Å². The third kappa shape index (κ3) is 7.14. The van der Waals surface area contributed by atoms with E-state index in [4.69, 9.17) is 0 Å². The Morgan fingerprint density at radius 3 is 2.32 bits per heavy atom. The molecular formula is C30H44N4O4. The fraction of sp³-hybridized carbons (Fsp3) is 0.667. The molecule has 38 heavy (non-hydrogen) atoms. The molecule has 4 rings (SSSR count). The summed E-state index contributed by atoms with van der Waals surface area (Å²) in [6.07, 6.45) is 9.14. The summed E-state index contributed by atoms with van der Waals surface area (Å²) in [5.74, 6) is -0.834. The van der Waals surface area contributed by atoms with Gasteiger partial charge in [-0.3, -0.25) is 19.2 Å². The standard InChI is InChI=1S/C30H44N4O4/c1-22(2)17-26-21-32(29(37)30(38)34(26)20-24-13-7-4-8-14-24)16-10-9-15-25-18-31-27(35)28(36)33(25)19-23-11-5-3-6-12-23/h4,7-8,13-14,22-23,25-26H,3,5-6,9-12,15-21H2,1-2H3,(H,31,35)/t25-,26+/m1/s1. The van der Waals surface area contributed by atoms with Crippen LogP contribution in [0.5, 0.6) is 0 Å². The number of piperazine rings is 2. The van der Waals surface area contributed by atoms with Gasteiger partial charge in [-0.2, -0.15) is 0 Å². The molecule has 3 fully saturated rings. The van der Waals surface area contributed by atoms with Crippen molar-refractivity contribution in [1.29, 1.82) is 0 Å². The van der Waals surface area contributed by atoms with Crippen molar-refractivity contribution in [2.75, 3.05) is 26.2 Å². The molecule has 2 atom stereocenters. The van der Waals surface area contributed by atoms with Crippen LogP contribution in [0.15, 0.2) is 30.3 Å². The number of carbonyl (C=O) groups is 4. The number of carbonyl (C=O) groups excluding carboxylic acids is 4. The van der Waals surface area contributed by atoms with Crippen LogP contribution >= 0.6 is 0 Å². The molecule has 1 N–H and O–H groups in total. The van der Waals surface area contributed by atoms with Gasteiger partial charge in [0.1, 0.15) is 0 Å². The van der Waals surface area contributed by atoms with E-state index in [2.05, 4.69) is 19.2 Å². The lowest BCUT2D eigenvalue weighted by atomic mass is 9.88. The topological polar surface area (TPSA) is 90.0 Å². The Balaban J connectivity index is 1.31. The number of hydrogen-bond acceptors (Lipinski definition) is 4. The van der Waals surface area contributed by atoms with Crippen molar-refractivity contribution in [3.05, 3.63) is 35.9 Å². The quantitative estimate of drug-likeness (QED) is 0.355. The van der Waals surface area contributed by atoms with Crippen molar-refractivity contribution in [3.63, 3.8) is 0 Å². The average Bonchev–Trinajstić information content (AvgIpc) is 2.91. The largest absolute Gasteiger partial charge is 0.346 e. The van der Waals surface area contributed by atoms with Gasteiger partial charge in [-0.25, -0.2) is 0 Å². The predicted molar refractivity (Wildman–Crippen MR) is 146 cm³/mol. The van der Waals surface area contributed by atoms with Crippen molar-refractivity contribution in [2.45, 2.75) is 90.3 Å². The van der Waals surface area contributed by atoms with E-state index in [1.165, 1.54) is 19.3 Å². The summed E-state index contributed by atoms with van der Waals surface area (Å²) in [6, 6.07) is 9.84. The number of unbranched alkanes of at least 4 members (excludes halogenated alkanes) is 1. The molecule has 2 saturated heterocycles. The minimum Gasteiger partial charge on any atom is -0.346 e. The predicted octanol–water partition coefficient (Wildman–Crippen LogP) is 3.35. The summed E-state index contributed by atoms with van der Waals surface area (Å²) >= 11 is 0. The second kappa shape index (κ2) is 13.3. The molecule has 1 aromatic rings. The van der Waals surface area contributed by atoms with Crippen molar-refractivity contribution < 1.29 is 19.2 Å². The van der Waals surface area contributed by atoms with Gasteiger partial charge in [0, 0.05) is 38.8 Å². The second-order valence-electron chi connectivity index (χ2n) is 11.8. The first kappa shape index (κ1) is 28.1. The zero-order valence-corrected chi connectivity index (χ0v) is 23.1. The van der Waals surface area contributed by atoms with Gasteiger partial charge in [0.15, 0.2) is 0 Å². The number of hydrogen-bond donors (Lipinski definition) is 1. The Kier molecular flexibility index (Phi) is 9.80. The van der Waals surface area contributed by atoms with Crippen molar-refractivity contribution >= 4 is 23.6 Å². The highest BCUT2D eigenvalue weighted by Crippen LogP contribution is 2.27. The van der Waals surface area contributed by atoms with Gasteiger partial charge < -0.3 is 20.0 Å². The van der Waals surface area contributed by atoms with Crippen LogP contribution in [-0.4, -0.2) is 76.6 Å². The molecule has 0 unspecified atom stereocenters. The molecule has 0 spiro atoms. The van der Waals surface area contributed by atoms with Crippen LogP contribution < -0.4 is 5.32 Å². The third-order valence-electron chi connectivity index (χ3n) is 8.33. The van der Waals surface area contributed by atoms with E-state index in [0.717, 1.165) is 44.1 Å². The van der Waals surface area contributed by atoms with Gasteiger partial charge in [0.2, 0.25) is 0 Å². The lowest BCUT2D eigenvalue weighted by Crippen LogP contribution is -2.59.